The maximum Gasteiger partial charge on any atom is 0.240 e. The number of hydrogen-bond donors (Lipinski definition) is 1. The third kappa shape index (κ3) is 3.82. The van der Waals surface area contributed by atoms with Gasteiger partial charge in [0.15, 0.2) is 0 Å². The van der Waals surface area contributed by atoms with E-state index in [-0.39, 0.29) is 11.4 Å². The molecule has 20 heavy (non-hydrogen) atoms. The Labute approximate surface area is 124 Å². The maximum absolute atomic E-state index is 12.1. The number of aryl methyl sites for hydroxylation is 2. The third-order valence-corrected chi connectivity index (χ3v) is 4.54. The van der Waals surface area contributed by atoms with Crippen molar-refractivity contribution in [3.63, 3.8) is 0 Å². The van der Waals surface area contributed by atoms with Gasteiger partial charge in [0.2, 0.25) is 10.0 Å². The predicted octanol–water partition coefficient (Wildman–Crippen LogP) is 3.44. The van der Waals surface area contributed by atoms with Gasteiger partial charge in [-0.05, 0) is 43.7 Å². The molecule has 0 saturated heterocycles. The molecule has 0 amide bonds. The van der Waals surface area contributed by atoms with E-state index < -0.39 is 10.0 Å². The van der Waals surface area contributed by atoms with Crippen molar-refractivity contribution in [3.8, 4) is 0 Å². The first-order chi connectivity index (χ1) is 9.37. The van der Waals surface area contributed by atoms with Gasteiger partial charge in [-0.25, -0.2) is 13.1 Å². The predicted molar refractivity (Wildman–Crippen MR) is 81.4 cm³/mol. The molecule has 3 nitrogen and oxygen atoms in total. The van der Waals surface area contributed by atoms with Crippen LogP contribution in [0.2, 0.25) is 5.02 Å². The molecule has 0 aliphatic carbocycles. The lowest BCUT2D eigenvalue weighted by Crippen LogP contribution is -2.23. The lowest BCUT2D eigenvalue weighted by atomic mass is 10.1. The molecule has 2 aromatic carbocycles. The largest absolute Gasteiger partial charge is 0.240 e. The smallest absolute Gasteiger partial charge is 0.207 e. The fraction of sp³-hybridized carbons (Fsp3) is 0.200. The Balaban J connectivity index is 2.15. The van der Waals surface area contributed by atoms with Crippen molar-refractivity contribution >= 4 is 21.6 Å². The Morgan fingerprint density at radius 2 is 1.55 bits per heavy atom. The molecular formula is C15H16ClNO2S. The monoisotopic (exact) mass is 309 g/mol. The van der Waals surface area contributed by atoms with Crippen molar-refractivity contribution in [2.24, 2.45) is 0 Å². The molecule has 0 unspecified atom stereocenters. The van der Waals surface area contributed by atoms with Crippen LogP contribution in [-0.4, -0.2) is 8.42 Å². The zero-order valence-electron chi connectivity index (χ0n) is 11.4. The SMILES string of the molecule is Cc1cc(C)cc(CNS(=O)(=O)c2ccc(Cl)cc2)c1. The van der Waals surface area contributed by atoms with Crippen LogP contribution in [0.4, 0.5) is 0 Å². The number of halogens is 1. The Morgan fingerprint density at radius 1 is 1.00 bits per heavy atom. The van der Waals surface area contributed by atoms with Crippen LogP contribution in [0.5, 0.6) is 0 Å². The van der Waals surface area contributed by atoms with Crippen molar-refractivity contribution in [2.45, 2.75) is 25.3 Å². The van der Waals surface area contributed by atoms with E-state index in [2.05, 4.69) is 10.8 Å². The van der Waals surface area contributed by atoms with Crippen molar-refractivity contribution in [1.29, 1.82) is 0 Å². The second kappa shape index (κ2) is 5.95. The van der Waals surface area contributed by atoms with Crippen LogP contribution in [0.3, 0.4) is 0 Å². The van der Waals surface area contributed by atoms with Crippen LogP contribution in [-0.2, 0) is 16.6 Å². The van der Waals surface area contributed by atoms with E-state index in [1.807, 2.05) is 26.0 Å². The van der Waals surface area contributed by atoms with Crippen molar-refractivity contribution < 1.29 is 8.42 Å². The molecule has 0 atom stereocenters. The lowest BCUT2D eigenvalue weighted by Gasteiger charge is -2.08. The second-order valence-corrected chi connectivity index (χ2v) is 6.98. The van der Waals surface area contributed by atoms with E-state index in [4.69, 9.17) is 11.6 Å². The molecule has 2 rings (SSSR count). The van der Waals surface area contributed by atoms with Gasteiger partial charge in [-0.2, -0.15) is 0 Å². The standard InChI is InChI=1S/C15H16ClNO2S/c1-11-7-12(2)9-13(8-11)10-17-20(18,19)15-5-3-14(16)4-6-15/h3-9,17H,10H2,1-2H3. The van der Waals surface area contributed by atoms with E-state index in [1.165, 1.54) is 12.1 Å². The molecule has 0 bridgehead atoms. The van der Waals surface area contributed by atoms with E-state index in [1.54, 1.807) is 12.1 Å². The fourth-order valence-electron chi connectivity index (χ4n) is 2.05. The molecule has 1 N–H and O–H groups in total. The molecule has 0 heterocycles. The maximum atomic E-state index is 12.1. The van der Waals surface area contributed by atoms with E-state index >= 15 is 0 Å². The summed E-state index contributed by atoms with van der Waals surface area (Å²) in [5.41, 5.74) is 3.18. The molecule has 0 fully saturated rings. The lowest BCUT2D eigenvalue weighted by molar-refractivity contribution is 0.581. The van der Waals surface area contributed by atoms with Gasteiger partial charge in [0, 0.05) is 11.6 Å². The van der Waals surface area contributed by atoms with Crippen LogP contribution >= 0.6 is 11.6 Å². The van der Waals surface area contributed by atoms with E-state index in [0.29, 0.717) is 5.02 Å². The Hall–Kier alpha value is -1.36. The highest BCUT2D eigenvalue weighted by Gasteiger charge is 2.13. The molecule has 0 aromatic heterocycles. The topological polar surface area (TPSA) is 46.2 Å². The summed E-state index contributed by atoms with van der Waals surface area (Å²) < 4.78 is 26.9. The summed E-state index contributed by atoms with van der Waals surface area (Å²) in [6.45, 7) is 4.25. The van der Waals surface area contributed by atoms with Gasteiger partial charge in [-0.3, -0.25) is 0 Å². The van der Waals surface area contributed by atoms with Crippen molar-refractivity contribution in [3.05, 3.63) is 64.2 Å². The summed E-state index contributed by atoms with van der Waals surface area (Å²) in [6, 6.07) is 12.1. The molecule has 0 aliphatic rings. The molecule has 2 aromatic rings. The highest BCUT2D eigenvalue weighted by molar-refractivity contribution is 7.89. The van der Waals surface area contributed by atoms with Gasteiger partial charge in [-0.1, -0.05) is 40.9 Å². The average molecular weight is 310 g/mol. The Kier molecular flexibility index (Phi) is 4.48. The normalized spacial score (nSPS) is 11.6. The number of hydrogen-bond acceptors (Lipinski definition) is 2. The number of sulfonamides is 1. The highest BCUT2D eigenvalue weighted by Crippen LogP contribution is 2.15. The molecule has 0 radical (unpaired) electrons. The quantitative estimate of drug-likeness (QED) is 0.940. The summed E-state index contributed by atoms with van der Waals surface area (Å²) in [5.74, 6) is 0. The summed E-state index contributed by atoms with van der Waals surface area (Å²) >= 11 is 5.75. The minimum absolute atomic E-state index is 0.214. The fourth-order valence-corrected chi connectivity index (χ4v) is 3.19. The number of rotatable bonds is 4. The van der Waals surface area contributed by atoms with Gasteiger partial charge < -0.3 is 0 Å². The van der Waals surface area contributed by atoms with Crippen LogP contribution in [0.15, 0.2) is 47.4 Å². The van der Waals surface area contributed by atoms with Gasteiger partial charge in [-0.15, -0.1) is 0 Å². The van der Waals surface area contributed by atoms with E-state index in [0.717, 1.165) is 16.7 Å². The summed E-state index contributed by atoms with van der Waals surface area (Å²) in [5, 5.41) is 0.512. The van der Waals surface area contributed by atoms with Crippen molar-refractivity contribution in [1.82, 2.24) is 4.72 Å². The van der Waals surface area contributed by atoms with Crippen LogP contribution in [0, 0.1) is 13.8 Å². The first-order valence-corrected chi connectivity index (χ1v) is 8.05. The van der Waals surface area contributed by atoms with Gasteiger partial charge in [0.1, 0.15) is 0 Å². The third-order valence-electron chi connectivity index (χ3n) is 2.87. The first-order valence-electron chi connectivity index (χ1n) is 6.19. The van der Waals surface area contributed by atoms with Crippen LogP contribution in [0.25, 0.3) is 0 Å². The van der Waals surface area contributed by atoms with Crippen molar-refractivity contribution in [2.75, 3.05) is 0 Å². The molecule has 5 heteroatoms. The molecule has 106 valence electrons. The zero-order valence-corrected chi connectivity index (χ0v) is 12.9. The van der Waals surface area contributed by atoms with Crippen LogP contribution in [0.1, 0.15) is 16.7 Å². The van der Waals surface area contributed by atoms with Gasteiger partial charge in [0.25, 0.3) is 0 Å². The zero-order chi connectivity index (χ0) is 14.8. The molecule has 0 spiro atoms. The summed E-state index contributed by atoms with van der Waals surface area (Å²) in [4.78, 5) is 0.214. The van der Waals surface area contributed by atoms with Gasteiger partial charge >= 0.3 is 0 Å². The molecule has 0 aliphatic heterocycles. The minimum atomic E-state index is -3.51. The number of benzene rings is 2. The summed E-state index contributed by atoms with van der Waals surface area (Å²) in [7, 11) is -3.51. The molecule has 0 saturated carbocycles. The first kappa shape index (κ1) is 15.0. The second-order valence-electron chi connectivity index (χ2n) is 4.77. The van der Waals surface area contributed by atoms with Crippen LogP contribution < -0.4 is 4.72 Å². The summed E-state index contributed by atoms with van der Waals surface area (Å²) in [6.07, 6.45) is 0. The molecular weight excluding hydrogens is 294 g/mol. The minimum Gasteiger partial charge on any atom is -0.207 e. The average Bonchev–Trinajstić information content (AvgIpc) is 2.36. The Bertz CT molecular complexity index is 689. The van der Waals surface area contributed by atoms with E-state index in [9.17, 15) is 8.42 Å². The Morgan fingerprint density at radius 3 is 2.10 bits per heavy atom. The van der Waals surface area contributed by atoms with Gasteiger partial charge in [0.05, 0.1) is 4.90 Å². The highest BCUT2D eigenvalue weighted by atomic mass is 35.5. The number of nitrogens with one attached hydrogen (secondary N) is 1.